The molecule has 0 aromatic carbocycles. The van der Waals surface area contributed by atoms with Gasteiger partial charge in [0.15, 0.2) is 5.84 Å². The fraction of sp³-hybridized carbons (Fsp3) is 0.556. The Morgan fingerprint density at radius 3 is 3.12 bits per heavy atom. The molecule has 1 unspecified atom stereocenters. The number of rotatable bonds is 3. The van der Waals surface area contributed by atoms with Crippen LogP contribution < -0.4 is 5.32 Å². The molecule has 0 bridgehead atoms. The fourth-order valence-electron chi connectivity index (χ4n) is 1.01. The predicted molar refractivity (Wildman–Crippen MR) is 55.4 cm³/mol. The van der Waals surface area contributed by atoms with Crippen molar-refractivity contribution in [2.45, 2.75) is 26.4 Å². The lowest BCUT2D eigenvalue weighted by Crippen LogP contribution is -2.35. The number of amidine groups is 1. The maximum atomic E-state index is 11.5. The van der Waals surface area contributed by atoms with E-state index in [-0.39, 0.29) is 11.8 Å². The van der Waals surface area contributed by atoms with E-state index >= 15 is 0 Å². The van der Waals surface area contributed by atoms with E-state index in [0.29, 0.717) is 18.9 Å². The number of oxime groups is 2. The van der Waals surface area contributed by atoms with E-state index in [4.69, 9.17) is 10.1 Å². The first-order valence-electron chi connectivity index (χ1n) is 4.81. The lowest BCUT2D eigenvalue weighted by molar-refractivity contribution is -0.113. The van der Waals surface area contributed by atoms with Gasteiger partial charge in [0.05, 0.1) is 0 Å². The Kier molecular flexibility index (Phi) is 4.27. The number of carbonyl (C=O) groups excluding carboxylic acids is 1. The van der Waals surface area contributed by atoms with Crippen LogP contribution in [0.1, 0.15) is 20.3 Å². The minimum Gasteiger partial charge on any atom is -0.395 e. The van der Waals surface area contributed by atoms with Gasteiger partial charge in [0, 0.05) is 6.42 Å². The van der Waals surface area contributed by atoms with Gasteiger partial charge < -0.3 is 15.0 Å². The summed E-state index contributed by atoms with van der Waals surface area (Å²) in [7, 11) is 0. The molecule has 1 aliphatic rings. The number of nitrogens with one attached hydrogen (secondary N) is 1. The Labute approximate surface area is 92.7 Å². The molecule has 0 aromatic heterocycles. The Hall–Kier alpha value is -2.10. The van der Waals surface area contributed by atoms with Crippen molar-refractivity contribution in [3.8, 4) is 6.07 Å². The monoisotopic (exact) mass is 224 g/mol. The summed E-state index contributed by atoms with van der Waals surface area (Å²) in [4.78, 5) is 21.0. The first-order chi connectivity index (χ1) is 7.67. The first-order valence-corrected chi connectivity index (χ1v) is 4.81. The van der Waals surface area contributed by atoms with Crippen LogP contribution in [0.4, 0.5) is 0 Å². The Morgan fingerprint density at radius 1 is 1.88 bits per heavy atom. The molecule has 0 saturated carbocycles. The van der Waals surface area contributed by atoms with Gasteiger partial charge in [-0.15, -0.1) is 0 Å². The molecule has 1 heterocycles. The number of nitrogens with zero attached hydrogens (tertiary/aromatic N) is 3. The lowest BCUT2D eigenvalue weighted by Gasteiger charge is -2.00. The second kappa shape index (κ2) is 5.70. The van der Waals surface area contributed by atoms with Crippen molar-refractivity contribution in [1.82, 2.24) is 5.32 Å². The Bertz CT molecular complexity index is 369. The fourth-order valence-corrected chi connectivity index (χ4v) is 1.01. The molecular weight excluding hydrogens is 212 g/mol. The van der Waals surface area contributed by atoms with Gasteiger partial charge in [0.1, 0.15) is 18.8 Å². The Morgan fingerprint density at radius 2 is 2.62 bits per heavy atom. The quantitative estimate of drug-likeness (QED) is 0.544. The van der Waals surface area contributed by atoms with Gasteiger partial charge in [-0.05, 0) is 13.8 Å². The van der Waals surface area contributed by atoms with Crippen molar-refractivity contribution in [2.24, 2.45) is 10.3 Å². The van der Waals surface area contributed by atoms with Crippen LogP contribution in [-0.2, 0) is 14.5 Å². The molecular formula is C9H12N4O3. The van der Waals surface area contributed by atoms with Crippen molar-refractivity contribution in [3.05, 3.63) is 0 Å². The third kappa shape index (κ3) is 3.24. The van der Waals surface area contributed by atoms with Crippen molar-refractivity contribution in [1.29, 1.82) is 5.26 Å². The van der Waals surface area contributed by atoms with Gasteiger partial charge in [-0.1, -0.05) is 10.3 Å². The average Bonchev–Trinajstić information content (AvgIpc) is 2.65. The van der Waals surface area contributed by atoms with Crippen LogP contribution in [0, 0.1) is 11.3 Å². The van der Waals surface area contributed by atoms with Crippen molar-refractivity contribution < 1.29 is 14.5 Å². The van der Waals surface area contributed by atoms with Crippen LogP contribution in [0.5, 0.6) is 0 Å². The number of carbonyl (C=O) groups is 1. The van der Waals surface area contributed by atoms with Crippen LogP contribution in [0.15, 0.2) is 10.3 Å². The molecule has 7 nitrogen and oxygen atoms in total. The zero-order chi connectivity index (χ0) is 12.0. The number of hydrogen-bond donors (Lipinski definition) is 1. The highest BCUT2D eigenvalue weighted by atomic mass is 16.6. The van der Waals surface area contributed by atoms with Crippen molar-refractivity contribution in [3.63, 3.8) is 0 Å². The zero-order valence-corrected chi connectivity index (χ0v) is 9.06. The topological polar surface area (TPSA) is 96.1 Å². The zero-order valence-electron chi connectivity index (χ0n) is 9.06. The minimum absolute atomic E-state index is 0.0651. The van der Waals surface area contributed by atoms with E-state index in [9.17, 15) is 4.79 Å². The molecule has 0 saturated heterocycles. The molecule has 0 aliphatic carbocycles. The van der Waals surface area contributed by atoms with E-state index in [1.807, 2.05) is 6.92 Å². The normalized spacial score (nSPS) is 19.4. The number of amides is 1. The maximum Gasteiger partial charge on any atom is 0.289 e. The Balaban J connectivity index is 2.54. The number of hydrogen-bond acceptors (Lipinski definition) is 6. The molecule has 0 spiro atoms. The van der Waals surface area contributed by atoms with Gasteiger partial charge >= 0.3 is 0 Å². The van der Waals surface area contributed by atoms with Crippen molar-refractivity contribution in [2.75, 3.05) is 6.61 Å². The van der Waals surface area contributed by atoms with Gasteiger partial charge in [-0.3, -0.25) is 4.79 Å². The highest BCUT2D eigenvalue weighted by molar-refractivity contribution is 6.47. The van der Waals surface area contributed by atoms with Gasteiger partial charge in [0.25, 0.3) is 5.91 Å². The van der Waals surface area contributed by atoms with E-state index < -0.39 is 5.91 Å². The molecule has 1 atom stereocenters. The molecule has 7 heteroatoms. The molecule has 1 aliphatic heterocycles. The highest BCUT2D eigenvalue weighted by Gasteiger charge is 2.20. The molecule has 1 rings (SSSR count). The number of nitriles is 1. The van der Waals surface area contributed by atoms with Crippen LogP contribution in [-0.4, -0.2) is 30.2 Å². The summed E-state index contributed by atoms with van der Waals surface area (Å²) in [6.45, 7) is 3.81. The largest absolute Gasteiger partial charge is 0.395 e. The SMILES string of the molecule is CCO/N=C(\C#N)C(=O)NC1=NOC(C)C1. The second-order valence-corrected chi connectivity index (χ2v) is 3.08. The predicted octanol–water partition coefficient (Wildman–Crippen LogP) is 0.141. The third-order valence-corrected chi connectivity index (χ3v) is 1.69. The van der Waals surface area contributed by atoms with E-state index in [2.05, 4.69) is 20.5 Å². The summed E-state index contributed by atoms with van der Waals surface area (Å²) < 4.78 is 0. The highest BCUT2D eigenvalue weighted by Crippen LogP contribution is 2.06. The molecule has 86 valence electrons. The third-order valence-electron chi connectivity index (χ3n) is 1.69. The van der Waals surface area contributed by atoms with Crippen LogP contribution in [0.25, 0.3) is 0 Å². The lowest BCUT2D eigenvalue weighted by atomic mass is 10.2. The summed E-state index contributed by atoms with van der Waals surface area (Å²) in [6.07, 6.45) is 0.434. The summed E-state index contributed by atoms with van der Waals surface area (Å²) in [5.41, 5.74) is -0.343. The van der Waals surface area contributed by atoms with Crippen LogP contribution in [0.3, 0.4) is 0 Å². The van der Waals surface area contributed by atoms with Crippen LogP contribution >= 0.6 is 0 Å². The van der Waals surface area contributed by atoms with Crippen LogP contribution in [0.2, 0.25) is 0 Å². The minimum atomic E-state index is -0.646. The smallest absolute Gasteiger partial charge is 0.289 e. The molecule has 0 radical (unpaired) electrons. The molecule has 1 N–H and O–H groups in total. The van der Waals surface area contributed by atoms with E-state index in [1.165, 1.54) is 0 Å². The summed E-state index contributed by atoms with van der Waals surface area (Å²) in [5, 5.41) is 18.1. The van der Waals surface area contributed by atoms with Gasteiger partial charge in [-0.25, -0.2) is 0 Å². The van der Waals surface area contributed by atoms with E-state index in [1.54, 1.807) is 13.0 Å². The molecule has 0 aromatic rings. The standard InChI is InChI=1S/C9H12N4O3/c1-3-15-12-7(5-10)9(14)11-8-4-6(2)16-13-8/h6H,3-4H2,1-2H3,(H,11,13,14)/b12-7+. The maximum absolute atomic E-state index is 11.5. The molecule has 0 fully saturated rings. The summed E-state index contributed by atoms with van der Waals surface area (Å²) in [5.74, 6) is -0.260. The van der Waals surface area contributed by atoms with Gasteiger partial charge in [0.2, 0.25) is 5.71 Å². The van der Waals surface area contributed by atoms with Crippen molar-refractivity contribution >= 4 is 17.5 Å². The average molecular weight is 224 g/mol. The summed E-state index contributed by atoms with van der Waals surface area (Å²) in [6, 6.07) is 1.64. The summed E-state index contributed by atoms with van der Waals surface area (Å²) >= 11 is 0. The second-order valence-electron chi connectivity index (χ2n) is 3.08. The molecule has 16 heavy (non-hydrogen) atoms. The van der Waals surface area contributed by atoms with E-state index in [0.717, 1.165) is 0 Å². The first kappa shape index (κ1) is 12.0. The van der Waals surface area contributed by atoms with Gasteiger partial charge in [-0.2, -0.15) is 5.26 Å². The molecule has 1 amide bonds.